The van der Waals surface area contributed by atoms with Crippen LogP contribution in [-0.4, -0.2) is 18.4 Å². The van der Waals surface area contributed by atoms with E-state index in [1.165, 1.54) is 0 Å². The lowest BCUT2D eigenvalue weighted by Crippen LogP contribution is -2.24. The monoisotopic (exact) mass is 301 g/mol. The summed E-state index contributed by atoms with van der Waals surface area (Å²) in [6.45, 7) is 1.92. The Morgan fingerprint density at radius 2 is 2.05 bits per heavy atom. The fourth-order valence-corrected chi connectivity index (χ4v) is 3.51. The van der Waals surface area contributed by atoms with Crippen LogP contribution in [0.15, 0.2) is 53.7 Å². The highest BCUT2D eigenvalue weighted by molar-refractivity contribution is 7.89. The van der Waals surface area contributed by atoms with Gasteiger partial charge in [0.1, 0.15) is 4.90 Å². The maximum atomic E-state index is 12.3. The number of sulfonamides is 1. The standard InChI is InChI=1S/C15H15N3O2S/c1-11-15(6-3-8-16-11)21(19,20)18-10-12-4-2-5-14-13(12)7-9-17-14/h2-9,17-18H,10H2,1H3. The van der Waals surface area contributed by atoms with Crippen LogP contribution in [0, 0.1) is 6.92 Å². The van der Waals surface area contributed by atoms with Crippen LogP contribution in [0.5, 0.6) is 0 Å². The molecule has 0 bridgehead atoms. The molecular formula is C15H15N3O2S. The minimum absolute atomic E-state index is 0.214. The van der Waals surface area contributed by atoms with Gasteiger partial charge in [-0.2, -0.15) is 0 Å². The highest BCUT2D eigenvalue weighted by Gasteiger charge is 2.17. The van der Waals surface area contributed by atoms with Crippen LogP contribution in [0.1, 0.15) is 11.3 Å². The SMILES string of the molecule is Cc1ncccc1S(=O)(=O)NCc1cccc2[nH]ccc12. The number of nitrogens with one attached hydrogen (secondary N) is 2. The van der Waals surface area contributed by atoms with Crippen LogP contribution in [0.2, 0.25) is 0 Å². The zero-order chi connectivity index (χ0) is 14.9. The normalized spacial score (nSPS) is 11.9. The van der Waals surface area contributed by atoms with Crippen LogP contribution in [0.4, 0.5) is 0 Å². The minimum Gasteiger partial charge on any atom is -0.361 e. The molecule has 0 spiro atoms. The summed E-state index contributed by atoms with van der Waals surface area (Å²) in [5.74, 6) is 0. The van der Waals surface area contributed by atoms with E-state index in [1.54, 1.807) is 25.3 Å². The molecule has 0 aliphatic carbocycles. The third-order valence-corrected chi connectivity index (χ3v) is 4.92. The van der Waals surface area contributed by atoms with Crippen LogP contribution < -0.4 is 4.72 Å². The number of aromatic nitrogens is 2. The Kier molecular flexibility index (Phi) is 3.48. The predicted octanol–water partition coefficient (Wildman–Crippen LogP) is 2.35. The molecule has 2 heterocycles. The van der Waals surface area contributed by atoms with Crippen molar-refractivity contribution in [2.45, 2.75) is 18.4 Å². The summed E-state index contributed by atoms with van der Waals surface area (Å²) in [7, 11) is -3.56. The van der Waals surface area contributed by atoms with Gasteiger partial charge in [-0.25, -0.2) is 13.1 Å². The lowest BCUT2D eigenvalue weighted by Gasteiger charge is -2.09. The summed E-state index contributed by atoms with van der Waals surface area (Å²) >= 11 is 0. The van der Waals surface area contributed by atoms with Crippen LogP contribution in [0.3, 0.4) is 0 Å². The van der Waals surface area contributed by atoms with Gasteiger partial charge < -0.3 is 4.98 Å². The fourth-order valence-electron chi connectivity index (χ4n) is 2.31. The first-order valence-corrected chi connectivity index (χ1v) is 8.02. The zero-order valence-corrected chi connectivity index (χ0v) is 12.3. The van der Waals surface area contributed by atoms with E-state index in [-0.39, 0.29) is 11.4 Å². The summed E-state index contributed by atoms with van der Waals surface area (Å²) in [5, 5.41) is 1.02. The molecule has 0 saturated heterocycles. The highest BCUT2D eigenvalue weighted by Crippen LogP contribution is 2.18. The minimum atomic E-state index is -3.56. The van der Waals surface area contributed by atoms with Gasteiger partial charge in [-0.1, -0.05) is 12.1 Å². The van der Waals surface area contributed by atoms with E-state index in [9.17, 15) is 8.42 Å². The van der Waals surface area contributed by atoms with Gasteiger partial charge in [-0.3, -0.25) is 4.98 Å². The number of fused-ring (bicyclic) bond motifs is 1. The maximum Gasteiger partial charge on any atom is 0.242 e. The smallest absolute Gasteiger partial charge is 0.242 e. The number of nitrogens with zero attached hydrogens (tertiary/aromatic N) is 1. The topological polar surface area (TPSA) is 74.8 Å². The van der Waals surface area contributed by atoms with Crippen molar-refractivity contribution in [3.63, 3.8) is 0 Å². The van der Waals surface area contributed by atoms with Gasteiger partial charge in [0.05, 0.1) is 5.69 Å². The molecular weight excluding hydrogens is 286 g/mol. The van der Waals surface area contributed by atoms with Crippen molar-refractivity contribution in [1.29, 1.82) is 0 Å². The number of pyridine rings is 1. The second-order valence-electron chi connectivity index (χ2n) is 4.77. The van der Waals surface area contributed by atoms with Crippen LogP contribution in [0.25, 0.3) is 10.9 Å². The Balaban J connectivity index is 1.88. The molecule has 21 heavy (non-hydrogen) atoms. The molecule has 0 radical (unpaired) electrons. The van der Waals surface area contributed by atoms with Crippen LogP contribution in [-0.2, 0) is 16.6 Å². The third-order valence-electron chi connectivity index (χ3n) is 3.39. The average Bonchev–Trinajstić information content (AvgIpc) is 2.94. The number of H-pyrrole nitrogens is 1. The van der Waals surface area contributed by atoms with Gasteiger partial charge in [0, 0.05) is 29.8 Å². The van der Waals surface area contributed by atoms with Gasteiger partial charge in [-0.15, -0.1) is 0 Å². The first-order chi connectivity index (χ1) is 10.1. The Labute approximate surface area is 123 Å². The Bertz CT molecular complexity index is 885. The number of benzene rings is 1. The second-order valence-corrected chi connectivity index (χ2v) is 6.50. The Hall–Kier alpha value is -2.18. The van der Waals surface area contributed by atoms with E-state index in [1.807, 2.05) is 30.5 Å². The third kappa shape index (κ3) is 2.68. The molecule has 6 heteroatoms. The van der Waals surface area contributed by atoms with E-state index >= 15 is 0 Å². The van der Waals surface area contributed by atoms with Crippen LogP contribution >= 0.6 is 0 Å². The maximum absolute atomic E-state index is 12.3. The number of aromatic amines is 1. The summed E-state index contributed by atoms with van der Waals surface area (Å²) in [6, 6.07) is 10.9. The van der Waals surface area contributed by atoms with Gasteiger partial charge in [0.15, 0.2) is 0 Å². The molecule has 0 saturated carbocycles. The summed E-state index contributed by atoms with van der Waals surface area (Å²) in [5.41, 5.74) is 2.41. The molecule has 0 aliphatic heterocycles. The van der Waals surface area contributed by atoms with E-state index < -0.39 is 10.0 Å². The zero-order valence-electron chi connectivity index (χ0n) is 11.5. The van der Waals surface area contributed by atoms with Crippen molar-refractivity contribution < 1.29 is 8.42 Å². The van der Waals surface area contributed by atoms with Gasteiger partial charge in [0.25, 0.3) is 0 Å². The van der Waals surface area contributed by atoms with Gasteiger partial charge in [0.2, 0.25) is 10.0 Å². The van der Waals surface area contributed by atoms with E-state index in [0.29, 0.717) is 5.69 Å². The summed E-state index contributed by atoms with van der Waals surface area (Å²) in [6.07, 6.45) is 3.42. The number of aryl methyl sites for hydroxylation is 1. The number of hydrogen-bond acceptors (Lipinski definition) is 3. The fraction of sp³-hybridized carbons (Fsp3) is 0.133. The summed E-state index contributed by atoms with van der Waals surface area (Å²) in [4.78, 5) is 7.34. The lowest BCUT2D eigenvalue weighted by atomic mass is 10.1. The molecule has 0 unspecified atom stereocenters. The van der Waals surface area contributed by atoms with Crippen molar-refractivity contribution in [2.75, 3.05) is 0 Å². The van der Waals surface area contributed by atoms with Crippen molar-refractivity contribution in [3.8, 4) is 0 Å². The quantitative estimate of drug-likeness (QED) is 0.776. The first-order valence-electron chi connectivity index (χ1n) is 6.54. The average molecular weight is 301 g/mol. The molecule has 108 valence electrons. The molecule has 3 rings (SSSR count). The number of hydrogen-bond donors (Lipinski definition) is 2. The highest BCUT2D eigenvalue weighted by atomic mass is 32.2. The Morgan fingerprint density at radius 1 is 1.19 bits per heavy atom. The largest absolute Gasteiger partial charge is 0.361 e. The molecule has 1 aromatic carbocycles. The summed E-state index contributed by atoms with van der Waals surface area (Å²) < 4.78 is 27.3. The molecule has 2 N–H and O–H groups in total. The predicted molar refractivity (Wildman–Crippen MR) is 81.3 cm³/mol. The van der Waals surface area contributed by atoms with Crippen molar-refractivity contribution in [3.05, 3.63) is 60.0 Å². The molecule has 0 amide bonds. The van der Waals surface area contributed by atoms with E-state index in [0.717, 1.165) is 16.5 Å². The lowest BCUT2D eigenvalue weighted by molar-refractivity contribution is 0.580. The van der Waals surface area contributed by atoms with E-state index in [4.69, 9.17) is 0 Å². The van der Waals surface area contributed by atoms with Gasteiger partial charge in [-0.05, 0) is 36.8 Å². The molecule has 0 atom stereocenters. The first kappa shape index (κ1) is 13.8. The van der Waals surface area contributed by atoms with Crippen molar-refractivity contribution in [1.82, 2.24) is 14.7 Å². The van der Waals surface area contributed by atoms with Crippen molar-refractivity contribution in [2.24, 2.45) is 0 Å². The Morgan fingerprint density at radius 3 is 2.86 bits per heavy atom. The van der Waals surface area contributed by atoms with Gasteiger partial charge >= 0.3 is 0 Å². The molecule has 5 nitrogen and oxygen atoms in total. The molecule has 0 fully saturated rings. The van der Waals surface area contributed by atoms with E-state index in [2.05, 4.69) is 14.7 Å². The number of rotatable bonds is 4. The molecule has 3 aromatic rings. The van der Waals surface area contributed by atoms with Crippen molar-refractivity contribution >= 4 is 20.9 Å². The molecule has 2 aromatic heterocycles. The molecule has 0 aliphatic rings. The second kappa shape index (κ2) is 5.31.